The van der Waals surface area contributed by atoms with E-state index in [4.69, 9.17) is 4.74 Å². The number of aromatic nitrogens is 1. The van der Waals surface area contributed by atoms with E-state index >= 15 is 0 Å². The lowest BCUT2D eigenvalue weighted by atomic mass is 10.2. The summed E-state index contributed by atoms with van der Waals surface area (Å²) >= 11 is 1.61. The molecule has 0 atom stereocenters. The summed E-state index contributed by atoms with van der Waals surface area (Å²) in [6.45, 7) is 2.05. The Labute approximate surface area is 184 Å². The molecule has 158 valence electrons. The van der Waals surface area contributed by atoms with Crippen LogP contribution >= 0.6 is 11.3 Å². The van der Waals surface area contributed by atoms with Gasteiger partial charge in [0.15, 0.2) is 9.84 Å². The van der Waals surface area contributed by atoms with E-state index in [1.807, 2.05) is 31.2 Å². The van der Waals surface area contributed by atoms with Crippen LogP contribution in [0.15, 0.2) is 71.6 Å². The van der Waals surface area contributed by atoms with Gasteiger partial charge in [-0.05, 0) is 73.2 Å². The molecule has 0 aliphatic rings. The van der Waals surface area contributed by atoms with E-state index < -0.39 is 21.5 Å². The summed E-state index contributed by atoms with van der Waals surface area (Å²) in [4.78, 5) is 17.0. The molecule has 0 unspecified atom stereocenters. The van der Waals surface area contributed by atoms with Gasteiger partial charge >= 0.3 is 0 Å². The molecule has 0 aliphatic heterocycles. The van der Waals surface area contributed by atoms with Crippen LogP contribution in [0.4, 0.5) is 5.69 Å². The molecule has 0 aliphatic carbocycles. The lowest BCUT2D eigenvalue weighted by Gasteiger charge is -2.08. The molecular formula is C23H20N2O4S2. The van der Waals surface area contributed by atoms with Crippen molar-refractivity contribution in [3.63, 3.8) is 0 Å². The Morgan fingerprint density at radius 3 is 2.42 bits per heavy atom. The molecule has 31 heavy (non-hydrogen) atoms. The predicted octanol–water partition coefficient (Wildman–Crippen LogP) is 4.69. The van der Waals surface area contributed by atoms with Crippen LogP contribution in [0.25, 0.3) is 20.8 Å². The van der Waals surface area contributed by atoms with E-state index in [9.17, 15) is 13.2 Å². The SMILES string of the molecule is COc1ccc(S(=O)(=O)CC(=O)Nc2ccc(-c3nc4ccc(C)cc4s3)cc2)cc1. The number of aryl methyl sites for hydroxylation is 1. The minimum absolute atomic E-state index is 0.0740. The summed E-state index contributed by atoms with van der Waals surface area (Å²) < 4.78 is 31.1. The number of anilines is 1. The summed E-state index contributed by atoms with van der Waals surface area (Å²) in [6, 6.07) is 19.3. The van der Waals surface area contributed by atoms with Gasteiger partial charge in [0.05, 0.1) is 22.2 Å². The van der Waals surface area contributed by atoms with Crippen molar-refractivity contribution in [1.82, 2.24) is 4.98 Å². The zero-order valence-electron chi connectivity index (χ0n) is 17.0. The van der Waals surface area contributed by atoms with Crippen molar-refractivity contribution in [3.8, 4) is 16.3 Å². The van der Waals surface area contributed by atoms with E-state index in [2.05, 4.69) is 16.4 Å². The van der Waals surface area contributed by atoms with Gasteiger partial charge < -0.3 is 10.1 Å². The van der Waals surface area contributed by atoms with Gasteiger partial charge in [0.1, 0.15) is 16.5 Å². The molecule has 1 heterocycles. The minimum Gasteiger partial charge on any atom is -0.497 e. The third kappa shape index (κ3) is 4.76. The van der Waals surface area contributed by atoms with E-state index in [0.29, 0.717) is 11.4 Å². The van der Waals surface area contributed by atoms with Crippen LogP contribution in [-0.2, 0) is 14.6 Å². The average Bonchev–Trinajstić information content (AvgIpc) is 3.17. The van der Waals surface area contributed by atoms with Crippen molar-refractivity contribution in [1.29, 1.82) is 0 Å². The number of rotatable bonds is 6. The maximum absolute atomic E-state index is 12.5. The molecule has 3 aromatic carbocycles. The summed E-state index contributed by atoms with van der Waals surface area (Å²) in [5, 5.41) is 3.53. The number of amides is 1. The standard InChI is InChI=1S/C23H20N2O4S2/c1-15-3-12-20-21(13-15)30-23(25-20)16-4-6-17(7-5-16)24-22(26)14-31(27,28)19-10-8-18(29-2)9-11-19/h3-13H,14H2,1-2H3,(H,24,26). The molecule has 0 bridgehead atoms. The van der Waals surface area contributed by atoms with Crippen LogP contribution in [-0.4, -0.2) is 32.2 Å². The Kier molecular flexibility index (Phi) is 5.75. The van der Waals surface area contributed by atoms with Crippen LogP contribution in [0.1, 0.15) is 5.56 Å². The Hall–Kier alpha value is -3.23. The monoisotopic (exact) mass is 452 g/mol. The number of fused-ring (bicyclic) bond motifs is 1. The molecule has 8 heteroatoms. The second kappa shape index (κ2) is 8.49. The molecule has 1 N–H and O–H groups in total. The number of nitrogens with zero attached hydrogens (tertiary/aromatic N) is 1. The average molecular weight is 453 g/mol. The molecule has 6 nitrogen and oxygen atoms in total. The molecule has 0 saturated heterocycles. The Morgan fingerprint density at radius 2 is 1.74 bits per heavy atom. The maximum atomic E-state index is 12.5. The normalized spacial score (nSPS) is 11.4. The van der Waals surface area contributed by atoms with Crippen molar-refractivity contribution < 1.29 is 17.9 Å². The van der Waals surface area contributed by atoms with Gasteiger partial charge in [0.25, 0.3) is 0 Å². The lowest BCUT2D eigenvalue weighted by Crippen LogP contribution is -2.23. The molecule has 4 aromatic rings. The maximum Gasteiger partial charge on any atom is 0.239 e. The first-order valence-corrected chi connectivity index (χ1v) is 12.0. The Bertz CT molecular complexity index is 1340. The van der Waals surface area contributed by atoms with Crippen molar-refractivity contribution in [2.45, 2.75) is 11.8 Å². The van der Waals surface area contributed by atoms with Gasteiger partial charge in [-0.15, -0.1) is 11.3 Å². The fourth-order valence-electron chi connectivity index (χ4n) is 3.09. The highest BCUT2D eigenvalue weighted by molar-refractivity contribution is 7.92. The number of sulfone groups is 1. The number of nitrogens with one attached hydrogen (secondary N) is 1. The van der Waals surface area contributed by atoms with Crippen LogP contribution in [0.5, 0.6) is 5.75 Å². The number of hydrogen-bond donors (Lipinski definition) is 1. The van der Waals surface area contributed by atoms with Crippen LogP contribution in [0.3, 0.4) is 0 Å². The number of benzene rings is 3. The number of carbonyl (C=O) groups is 1. The number of carbonyl (C=O) groups excluding carboxylic acids is 1. The number of hydrogen-bond acceptors (Lipinski definition) is 6. The van der Waals surface area contributed by atoms with Crippen LogP contribution in [0.2, 0.25) is 0 Å². The first-order chi connectivity index (χ1) is 14.8. The smallest absolute Gasteiger partial charge is 0.239 e. The predicted molar refractivity (Wildman–Crippen MR) is 123 cm³/mol. The van der Waals surface area contributed by atoms with Gasteiger partial charge in [-0.25, -0.2) is 13.4 Å². The Balaban J connectivity index is 1.44. The van der Waals surface area contributed by atoms with Crippen molar-refractivity contribution in [2.24, 2.45) is 0 Å². The number of methoxy groups -OCH3 is 1. The summed E-state index contributed by atoms with van der Waals surface area (Å²) in [7, 11) is -2.25. The topological polar surface area (TPSA) is 85.4 Å². The van der Waals surface area contributed by atoms with Gasteiger partial charge in [0.2, 0.25) is 5.91 Å². The van der Waals surface area contributed by atoms with Crippen molar-refractivity contribution >= 4 is 43.0 Å². The zero-order chi connectivity index (χ0) is 22.0. The third-order valence-electron chi connectivity index (χ3n) is 4.70. The van der Waals surface area contributed by atoms with E-state index in [1.165, 1.54) is 24.8 Å². The summed E-state index contributed by atoms with van der Waals surface area (Å²) in [5.74, 6) is -0.691. The zero-order valence-corrected chi connectivity index (χ0v) is 18.6. The van der Waals surface area contributed by atoms with E-state index in [0.717, 1.165) is 20.8 Å². The van der Waals surface area contributed by atoms with Crippen LogP contribution < -0.4 is 10.1 Å². The first-order valence-electron chi connectivity index (χ1n) is 9.48. The number of thiazole rings is 1. The van der Waals surface area contributed by atoms with Gasteiger partial charge in [-0.1, -0.05) is 6.07 Å². The second-order valence-electron chi connectivity index (χ2n) is 7.05. The Morgan fingerprint density at radius 1 is 1.03 bits per heavy atom. The van der Waals surface area contributed by atoms with Crippen molar-refractivity contribution in [3.05, 3.63) is 72.3 Å². The lowest BCUT2D eigenvalue weighted by molar-refractivity contribution is -0.113. The van der Waals surface area contributed by atoms with E-state index in [-0.39, 0.29) is 4.90 Å². The molecular weight excluding hydrogens is 432 g/mol. The molecule has 1 aromatic heterocycles. The second-order valence-corrected chi connectivity index (χ2v) is 10.1. The fraction of sp³-hybridized carbons (Fsp3) is 0.130. The highest BCUT2D eigenvalue weighted by atomic mass is 32.2. The van der Waals surface area contributed by atoms with Gasteiger partial charge in [-0.3, -0.25) is 4.79 Å². The molecule has 4 rings (SSSR count). The largest absolute Gasteiger partial charge is 0.497 e. The summed E-state index contributed by atoms with van der Waals surface area (Å²) in [6.07, 6.45) is 0. The van der Waals surface area contributed by atoms with Crippen LogP contribution in [0, 0.1) is 6.92 Å². The molecule has 0 fully saturated rings. The number of ether oxygens (including phenoxy) is 1. The summed E-state index contributed by atoms with van der Waals surface area (Å²) in [5.41, 5.74) is 3.59. The first kappa shape index (κ1) is 21.0. The molecule has 0 spiro atoms. The highest BCUT2D eigenvalue weighted by Crippen LogP contribution is 2.31. The fourth-order valence-corrected chi connectivity index (χ4v) is 5.29. The van der Waals surface area contributed by atoms with Crippen molar-refractivity contribution in [2.75, 3.05) is 18.2 Å². The van der Waals surface area contributed by atoms with Gasteiger partial charge in [-0.2, -0.15) is 0 Å². The highest BCUT2D eigenvalue weighted by Gasteiger charge is 2.19. The quantitative estimate of drug-likeness (QED) is 0.459. The van der Waals surface area contributed by atoms with Gasteiger partial charge in [0, 0.05) is 11.3 Å². The minimum atomic E-state index is -3.75. The molecule has 0 radical (unpaired) electrons. The third-order valence-corrected chi connectivity index (χ3v) is 7.40. The molecule has 0 saturated carbocycles. The molecule has 1 amide bonds. The van der Waals surface area contributed by atoms with E-state index in [1.54, 1.807) is 35.6 Å².